The number of carboxylic acid groups (broad SMARTS) is 1. The van der Waals surface area contributed by atoms with Crippen LogP contribution in [0.2, 0.25) is 0 Å². The van der Waals surface area contributed by atoms with Gasteiger partial charge in [0.25, 0.3) is 5.91 Å². The first-order valence-electron chi connectivity index (χ1n) is 12.3. The SMILES string of the molecule is CC(C)(C)OC(=O)NC1CCN(c2ccc(C(=O)NC[C@H](NS(=O)(=O)c3ccccc3)C(=O)O)cc2)CC1. The van der Waals surface area contributed by atoms with Crippen molar-refractivity contribution in [1.29, 1.82) is 0 Å². The molecule has 3 rings (SSSR count). The molecule has 1 aliphatic heterocycles. The largest absolute Gasteiger partial charge is 0.480 e. The number of benzene rings is 2. The fraction of sp³-hybridized carbons (Fsp3) is 0.423. The zero-order valence-corrected chi connectivity index (χ0v) is 22.5. The van der Waals surface area contributed by atoms with Gasteiger partial charge in [0.2, 0.25) is 10.0 Å². The molecule has 0 unspecified atom stereocenters. The summed E-state index contributed by atoms with van der Waals surface area (Å²) >= 11 is 0. The number of sulfonamides is 1. The maximum absolute atomic E-state index is 12.6. The Morgan fingerprint density at radius 3 is 2.18 bits per heavy atom. The van der Waals surface area contributed by atoms with Gasteiger partial charge in [-0.15, -0.1) is 0 Å². The highest BCUT2D eigenvalue weighted by Gasteiger charge is 2.27. The third-order valence-electron chi connectivity index (χ3n) is 5.83. The fourth-order valence-corrected chi connectivity index (χ4v) is 5.12. The lowest BCUT2D eigenvalue weighted by Gasteiger charge is -2.34. The second-order valence-electron chi connectivity index (χ2n) is 9.99. The molecule has 2 aromatic rings. The van der Waals surface area contributed by atoms with E-state index in [1.54, 1.807) is 30.3 Å². The molecule has 4 N–H and O–H groups in total. The Bertz CT molecular complexity index is 1220. The zero-order valence-electron chi connectivity index (χ0n) is 21.6. The summed E-state index contributed by atoms with van der Waals surface area (Å²) in [5.41, 5.74) is 0.672. The molecule has 11 nitrogen and oxygen atoms in total. The normalized spacial score (nSPS) is 15.4. The van der Waals surface area contributed by atoms with E-state index in [9.17, 15) is 27.9 Å². The molecular formula is C26H34N4O7S. The number of rotatable bonds is 9. The van der Waals surface area contributed by atoms with Crippen molar-refractivity contribution in [2.75, 3.05) is 24.5 Å². The third-order valence-corrected chi connectivity index (χ3v) is 7.31. The van der Waals surface area contributed by atoms with Crippen LogP contribution >= 0.6 is 0 Å². The molecule has 1 aliphatic rings. The molecule has 1 fully saturated rings. The second-order valence-corrected chi connectivity index (χ2v) is 11.7. The van der Waals surface area contributed by atoms with E-state index >= 15 is 0 Å². The summed E-state index contributed by atoms with van der Waals surface area (Å²) in [6.07, 6.45) is 1.07. The van der Waals surface area contributed by atoms with Crippen LogP contribution in [0.4, 0.5) is 10.5 Å². The van der Waals surface area contributed by atoms with Crippen molar-refractivity contribution in [2.24, 2.45) is 0 Å². The molecule has 38 heavy (non-hydrogen) atoms. The Labute approximate surface area is 222 Å². The summed E-state index contributed by atoms with van der Waals surface area (Å²) in [5.74, 6) is -1.94. The van der Waals surface area contributed by atoms with Gasteiger partial charge < -0.3 is 25.4 Å². The summed E-state index contributed by atoms with van der Waals surface area (Å²) < 4.78 is 32.3. The molecule has 1 atom stereocenters. The number of nitrogens with one attached hydrogen (secondary N) is 3. The Kier molecular flexibility index (Phi) is 9.34. The van der Waals surface area contributed by atoms with Crippen LogP contribution in [0.25, 0.3) is 0 Å². The molecule has 2 amide bonds. The van der Waals surface area contributed by atoms with E-state index in [0.717, 1.165) is 18.5 Å². The van der Waals surface area contributed by atoms with Crippen molar-refractivity contribution in [3.63, 3.8) is 0 Å². The lowest BCUT2D eigenvalue weighted by atomic mass is 10.0. The number of aliphatic carboxylic acids is 1. The van der Waals surface area contributed by atoms with Crippen molar-refractivity contribution in [2.45, 2.75) is 56.2 Å². The number of carbonyl (C=O) groups excluding carboxylic acids is 2. The number of piperidine rings is 1. The van der Waals surface area contributed by atoms with Gasteiger partial charge >= 0.3 is 12.1 Å². The van der Waals surface area contributed by atoms with Gasteiger partial charge in [0.15, 0.2) is 0 Å². The topological polar surface area (TPSA) is 154 Å². The molecular weight excluding hydrogens is 512 g/mol. The maximum atomic E-state index is 12.6. The standard InChI is InChI=1S/C26H34N4O7S/c1-26(2,3)37-25(34)28-19-13-15-30(16-14-19)20-11-9-18(10-12-20)23(31)27-17-22(24(32)33)29-38(35,36)21-7-5-4-6-8-21/h4-12,19,22,29H,13-17H2,1-3H3,(H,27,31)(H,28,34)(H,32,33)/t22-/m0/s1. The van der Waals surface area contributed by atoms with Gasteiger partial charge in [0.05, 0.1) is 4.90 Å². The number of nitrogens with zero attached hydrogens (tertiary/aromatic N) is 1. The molecule has 0 radical (unpaired) electrons. The van der Waals surface area contributed by atoms with Crippen molar-refractivity contribution < 1.29 is 32.6 Å². The van der Waals surface area contributed by atoms with Crippen LogP contribution in [-0.4, -0.2) is 68.8 Å². The number of carboxylic acids is 1. The molecule has 0 spiro atoms. The van der Waals surface area contributed by atoms with Crippen LogP contribution in [-0.2, 0) is 19.6 Å². The van der Waals surface area contributed by atoms with Gasteiger partial charge in [-0.05, 0) is 70.0 Å². The Morgan fingerprint density at radius 1 is 1.03 bits per heavy atom. The first kappa shape index (κ1) is 28.9. The van der Waals surface area contributed by atoms with E-state index in [-0.39, 0.29) is 10.9 Å². The minimum absolute atomic E-state index is 0.0210. The molecule has 12 heteroatoms. The highest BCUT2D eigenvalue weighted by atomic mass is 32.2. The summed E-state index contributed by atoms with van der Waals surface area (Å²) in [5, 5.41) is 14.8. The van der Waals surface area contributed by atoms with Crippen LogP contribution < -0.4 is 20.3 Å². The Morgan fingerprint density at radius 2 is 1.63 bits per heavy atom. The molecule has 0 aliphatic carbocycles. The number of hydrogen-bond donors (Lipinski definition) is 4. The quantitative estimate of drug-likeness (QED) is 0.374. The molecule has 1 saturated heterocycles. The van der Waals surface area contributed by atoms with Crippen LogP contribution in [0.1, 0.15) is 44.0 Å². The molecule has 0 saturated carbocycles. The monoisotopic (exact) mass is 546 g/mol. The van der Waals surface area contributed by atoms with Gasteiger partial charge in [-0.1, -0.05) is 18.2 Å². The lowest BCUT2D eigenvalue weighted by Crippen LogP contribution is -2.48. The van der Waals surface area contributed by atoms with Crippen molar-refractivity contribution in [1.82, 2.24) is 15.4 Å². The highest BCUT2D eigenvalue weighted by molar-refractivity contribution is 7.89. The number of anilines is 1. The van der Waals surface area contributed by atoms with E-state index < -0.39 is 46.2 Å². The van der Waals surface area contributed by atoms with Crippen LogP contribution in [0, 0.1) is 0 Å². The van der Waals surface area contributed by atoms with Gasteiger partial charge in [-0.3, -0.25) is 9.59 Å². The minimum Gasteiger partial charge on any atom is -0.480 e. The molecule has 206 valence electrons. The van der Waals surface area contributed by atoms with Crippen LogP contribution in [0.15, 0.2) is 59.5 Å². The summed E-state index contributed by atoms with van der Waals surface area (Å²) in [6, 6.07) is 12.7. The van der Waals surface area contributed by atoms with Crippen LogP contribution in [0.3, 0.4) is 0 Å². The number of hydrogen-bond acceptors (Lipinski definition) is 7. The minimum atomic E-state index is -4.07. The van der Waals surface area contributed by atoms with Crippen molar-refractivity contribution in [3.8, 4) is 0 Å². The predicted octanol–water partition coefficient (Wildman–Crippen LogP) is 2.34. The summed E-state index contributed by atoms with van der Waals surface area (Å²) in [7, 11) is -4.07. The number of alkyl carbamates (subject to hydrolysis) is 1. The average Bonchev–Trinajstić information content (AvgIpc) is 2.86. The number of carbonyl (C=O) groups is 3. The first-order valence-corrected chi connectivity index (χ1v) is 13.8. The van der Waals surface area contributed by atoms with Crippen molar-refractivity contribution >= 4 is 33.7 Å². The number of ether oxygens (including phenoxy) is 1. The fourth-order valence-electron chi connectivity index (χ4n) is 3.91. The molecule has 0 aromatic heterocycles. The lowest BCUT2D eigenvalue weighted by molar-refractivity contribution is -0.138. The summed E-state index contributed by atoms with van der Waals surface area (Å²) in [6.45, 7) is 6.45. The summed E-state index contributed by atoms with van der Waals surface area (Å²) in [4.78, 5) is 38.3. The third kappa shape index (κ3) is 8.45. The second kappa shape index (κ2) is 12.3. The predicted molar refractivity (Wildman–Crippen MR) is 142 cm³/mol. The van der Waals surface area contributed by atoms with Gasteiger partial charge in [-0.2, -0.15) is 4.72 Å². The Balaban J connectivity index is 1.51. The van der Waals surface area contributed by atoms with Gasteiger partial charge in [0, 0.05) is 36.9 Å². The molecule has 0 bridgehead atoms. The van der Waals surface area contributed by atoms with E-state index in [2.05, 4.69) is 20.3 Å². The maximum Gasteiger partial charge on any atom is 0.407 e. The highest BCUT2D eigenvalue weighted by Crippen LogP contribution is 2.21. The first-order chi connectivity index (χ1) is 17.8. The van der Waals surface area contributed by atoms with Crippen LogP contribution in [0.5, 0.6) is 0 Å². The molecule has 1 heterocycles. The van der Waals surface area contributed by atoms with E-state index in [1.807, 2.05) is 20.8 Å². The van der Waals surface area contributed by atoms with E-state index in [1.165, 1.54) is 24.3 Å². The Hall–Kier alpha value is -3.64. The van der Waals surface area contributed by atoms with E-state index in [0.29, 0.717) is 18.7 Å². The van der Waals surface area contributed by atoms with Gasteiger partial charge in [0.1, 0.15) is 11.6 Å². The smallest absolute Gasteiger partial charge is 0.407 e. The number of amides is 2. The van der Waals surface area contributed by atoms with Crippen molar-refractivity contribution in [3.05, 3.63) is 60.2 Å². The molecule has 2 aromatic carbocycles. The zero-order chi connectivity index (χ0) is 27.9. The van der Waals surface area contributed by atoms with Gasteiger partial charge in [-0.25, -0.2) is 13.2 Å². The van der Waals surface area contributed by atoms with E-state index in [4.69, 9.17) is 4.74 Å². The average molecular weight is 547 g/mol.